The minimum absolute atomic E-state index is 1.00. The van der Waals surface area contributed by atoms with Gasteiger partial charge in [0.2, 0.25) is 0 Å². The van der Waals surface area contributed by atoms with Gasteiger partial charge in [-0.05, 0) is 12.8 Å². The van der Waals surface area contributed by atoms with Crippen molar-refractivity contribution < 1.29 is 24.1 Å². The van der Waals surface area contributed by atoms with Crippen molar-refractivity contribution in [2.75, 3.05) is 13.2 Å². The number of rotatable bonds is 0. The molecule has 0 aliphatic carbocycles. The fraction of sp³-hybridized carbons (Fsp3) is 1.00. The van der Waals surface area contributed by atoms with Gasteiger partial charge in [-0.1, -0.05) is 0 Å². The maximum absolute atomic E-state index is 4.94. The molecule has 0 aromatic carbocycles. The molecule has 1 fully saturated rings. The molecule has 0 atom stereocenters. The summed E-state index contributed by atoms with van der Waals surface area (Å²) in [7, 11) is 4.64. The van der Waals surface area contributed by atoms with E-state index < -0.39 is 0 Å². The van der Waals surface area contributed by atoms with Crippen molar-refractivity contribution in [1.29, 1.82) is 0 Å². The van der Waals surface area contributed by atoms with Gasteiger partial charge in [-0.3, -0.25) is 0 Å². The Labute approximate surface area is 59.7 Å². The average molecular weight is 155 g/mol. The van der Waals surface area contributed by atoms with Gasteiger partial charge >= 0.3 is 28.7 Å². The Morgan fingerprint density at radius 2 is 1.57 bits per heavy atom. The molecular formula is C4H8ClOTi. The number of hydrogen-bond acceptors (Lipinski definition) is 1. The molecule has 0 amide bonds. The van der Waals surface area contributed by atoms with E-state index in [4.69, 9.17) is 4.74 Å². The quantitative estimate of drug-likeness (QED) is 0.482. The van der Waals surface area contributed by atoms with Gasteiger partial charge in [0.25, 0.3) is 0 Å². The molecule has 0 aromatic rings. The summed E-state index contributed by atoms with van der Waals surface area (Å²) >= 11 is 1.47. The molecular weight excluding hydrogens is 147 g/mol. The summed E-state index contributed by atoms with van der Waals surface area (Å²) in [5, 5.41) is 0. The second-order valence-corrected chi connectivity index (χ2v) is 1.32. The average Bonchev–Trinajstić information content (AvgIpc) is 2.23. The van der Waals surface area contributed by atoms with Gasteiger partial charge in [0, 0.05) is 13.2 Å². The topological polar surface area (TPSA) is 9.23 Å². The van der Waals surface area contributed by atoms with E-state index in [0.717, 1.165) is 13.2 Å². The fourth-order valence-electron chi connectivity index (χ4n) is 0.510. The van der Waals surface area contributed by atoms with E-state index in [-0.39, 0.29) is 0 Å². The van der Waals surface area contributed by atoms with E-state index in [9.17, 15) is 0 Å². The van der Waals surface area contributed by atoms with Crippen molar-refractivity contribution in [1.82, 2.24) is 0 Å². The van der Waals surface area contributed by atoms with Crippen LogP contribution in [-0.4, -0.2) is 13.2 Å². The normalized spacial score (nSPS) is 17.7. The molecule has 41 valence electrons. The van der Waals surface area contributed by atoms with Crippen LogP contribution in [0.15, 0.2) is 0 Å². The van der Waals surface area contributed by atoms with E-state index in [1.165, 1.54) is 32.2 Å². The molecule has 1 rings (SSSR count). The van der Waals surface area contributed by atoms with Gasteiger partial charge in [0.15, 0.2) is 0 Å². The third-order valence-corrected chi connectivity index (χ3v) is 0.827. The molecule has 0 radical (unpaired) electrons. The van der Waals surface area contributed by atoms with Crippen molar-refractivity contribution in [3.05, 3.63) is 0 Å². The van der Waals surface area contributed by atoms with Gasteiger partial charge in [0.1, 0.15) is 0 Å². The summed E-state index contributed by atoms with van der Waals surface area (Å²) in [5.74, 6) is 0. The summed E-state index contributed by atoms with van der Waals surface area (Å²) in [6.07, 6.45) is 2.56. The predicted molar refractivity (Wildman–Crippen MR) is 25.9 cm³/mol. The number of hydrogen-bond donors (Lipinski definition) is 0. The molecule has 3 heteroatoms. The van der Waals surface area contributed by atoms with Gasteiger partial charge in [0.05, 0.1) is 0 Å². The zero-order valence-corrected chi connectivity index (χ0v) is 6.43. The molecule has 0 bridgehead atoms. The zero-order valence-electron chi connectivity index (χ0n) is 4.11. The molecule has 0 saturated carbocycles. The van der Waals surface area contributed by atoms with Crippen LogP contribution in [0, 0.1) is 0 Å². The summed E-state index contributed by atoms with van der Waals surface area (Å²) in [4.78, 5) is 0. The van der Waals surface area contributed by atoms with E-state index in [1.54, 1.807) is 0 Å². The van der Waals surface area contributed by atoms with Crippen molar-refractivity contribution in [3.8, 4) is 0 Å². The molecule has 0 unspecified atom stereocenters. The third kappa shape index (κ3) is 4.82. The Morgan fingerprint density at radius 1 is 1.14 bits per heavy atom. The summed E-state index contributed by atoms with van der Waals surface area (Å²) in [6, 6.07) is 0. The second kappa shape index (κ2) is 6.96. The van der Waals surface area contributed by atoms with Crippen LogP contribution in [0.5, 0.6) is 0 Å². The summed E-state index contributed by atoms with van der Waals surface area (Å²) in [5.41, 5.74) is 0. The van der Waals surface area contributed by atoms with E-state index >= 15 is 0 Å². The second-order valence-electron chi connectivity index (χ2n) is 1.32. The van der Waals surface area contributed by atoms with Crippen molar-refractivity contribution >= 4 is 9.30 Å². The monoisotopic (exact) mass is 155 g/mol. The first-order valence-corrected chi connectivity index (χ1v) is 4.41. The Balaban J connectivity index is 0.000000162. The molecule has 0 N–H and O–H groups in total. The maximum atomic E-state index is 4.94. The molecule has 1 aliphatic rings. The van der Waals surface area contributed by atoms with Crippen LogP contribution in [0.1, 0.15) is 12.8 Å². The van der Waals surface area contributed by atoms with Crippen LogP contribution in [0.3, 0.4) is 0 Å². The minimum atomic E-state index is 1.00. The third-order valence-electron chi connectivity index (χ3n) is 0.827. The Kier molecular flexibility index (Phi) is 7.92. The van der Waals surface area contributed by atoms with Crippen LogP contribution >= 0.6 is 9.30 Å². The Hall–Kier alpha value is 0.964. The first-order chi connectivity index (χ1) is 3.50. The molecule has 0 aromatic heterocycles. The van der Waals surface area contributed by atoms with Gasteiger partial charge < -0.3 is 4.74 Å². The first kappa shape index (κ1) is 7.96. The summed E-state index contributed by atoms with van der Waals surface area (Å²) < 4.78 is 4.94. The standard InChI is InChI=1S/C4H8O.ClH.Ti/c1-2-4-5-3-1;;/h1-4H2;1H;/q;;+1/p-1. The van der Waals surface area contributed by atoms with E-state index in [0.29, 0.717) is 0 Å². The van der Waals surface area contributed by atoms with Crippen LogP contribution in [0.25, 0.3) is 0 Å². The van der Waals surface area contributed by atoms with Crippen molar-refractivity contribution in [2.45, 2.75) is 12.8 Å². The molecule has 7 heavy (non-hydrogen) atoms. The van der Waals surface area contributed by atoms with Crippen LogP contribution < -0.4 is 0 Å². The van der Waals surface area contributed by atoms with Crippen molar-refractivity contribution in [2.24, 2.45) is 0 Å². The SMILES string of the molecule is C1CCOC1.[Cl][Ti]. The van der Waals surface area contributed by atoms with E-state index in [2.05, 4.69) is 9.30 Å². The van der Waals surface area contributed by atoms with Gasteiger partial charge in [-0.15, -0.1) is 0 Å². The Morgan fingerprint density at radius 3 is 1.71 bits per heavy atom. The molecule has 1 aliphatic heterocycles. The predicted octanol–water partition coefficient (Wildman–Crippen LogP) is 1.48. The number of ether oxygens (including phenoxy) is 1. The molecule has 1 saturated heterocycles. The van der Waals surface area contributed by atoms with Crippen LogP contribution in [0.4, 0.5) is 0 Å². The molecule has 1 nitrogen and oxygen atoms in total. The molecule has 0 spiro atoms. The zero-order chi connectivity index (χ0) is 5.54. The van der Waals surface area contributed by atoms with Crippen molar-refractivity contribution in [3.63, 3.8) is 0 Å². The molecule has 1 heterocycles. The van der Waals surface area contributed by atoms with Crippen LogP contribution in [-0.2, 0) is 24.1 Å². The van der Waals surface area contributed by atoms with Gasteiger partial charge in [-0.2, -0.15) is 0 Å². The van der Waals surface area contributed by atoms with E-state index in [1.807, 2.05) is 0 Å². The summed E-state index contributed by atoms with van der Waals surface area (Å²) in [6.45, 7) is 2.00. The number of halogens is 1. The first-order valence-electron chi connectivity index (χ1n) is 2.27. The fourth-order valence-corrected chi connectivity index (χ4v) is 0.510. The Bertz CT molecular complexity index is 23.3. The van der Waals surface area contributed by atoms with Crippen LogP contribution in [0.2, 0.25) is 0 Å². The van der Waals surface area contributed by atoms with Gasteiger partial charge in [-0.25, -0.2) is 0 Å².